The maximum Gasteiger partial charge on any atom is 0.306 e. The molecule has 3 nitrogen and oxygen atoms in total. The summed E-state index contributed by atoms with van der Waals surface area (Å²) in [5, 5.41) is 0. The third-order valence-corrected chi connectivity index (χ3v) is 2.51. The Bertz CT molecular complexity index is 392. The average molecular weight is 204 g/mol. The maximum atomic E-state index is 11.8. The number of aryl methyl sites for hydroxylation is 1. The number of benzene rings is 1. The van der Waals surface area contributed by atoms with Crippen molar-refractivity contribution >= 4 is 11.8 Å². The first-order chi connectivity index (χ1) is 7.16. The van der Waals surface area contributed by atoms with Crippen LogP contribution in [0.3, 0.4) is 0 Å². The van der Waals surface area contributed by atoms with Crippen LogP contribution >= 0.6 is 0 Å². The quantitative estimate of drug-likeness (QED) is 0.545. The van der Waals surface area contributed by atoms with Gasteiger partial charge in [0.25, 0.3) is 0 Å². The van der Waals surface area contributed by atoms with Gasteiger partial charge < -0.3 is 4.74 Å². The van der Waals surface area contributed by atoms with E-state index in [0.29, 0.717) is 18.4 Å². The minimum atomic E-state index is -0.569. The fourth-order valence-electron chi connectivity index (χ4n) is 1.61. The third kappa shape index (κ3) is 2.06. The Morgan fingerprint density at radius 3 is 2.53 bits per heavy atom. The van der Waals surface area contributed by atoms with Gasteiger partial charge >= 0.3 is 5.97 Å². The molecule has 2 rings (SSSR count). The van der Waals surface area contributed by atoms with Crippen molar-refractivity contribution in [1.82, 2.24) is 0 Å². The Hall–Kier alpha value is -1.64. The van der Waals surface area contributed by atoms with E-state index in [0.717, 1.165) is 5.56 Å². The number of hydrogen-bond acceptors (Lipinski definition) is 3. The summed E-state index contributed by atoms with van der Waals surface area (Å²) >= 11 is 0. The van der Waals surface area contributed by atoms with Crippen LogP contribution < -0.4 is 0 Å². The summed E-state index contributed by atoms with van der Waals surface area (Å²) in [7, 11) is 0. The van der Waals surface area contributed by atoms with Gasteiger partial charge in [0.05, 0.1) is 0 Å². The molecule has 1 heterocycles. The normalized spacial score (nSPS) is 20.1. The van der Waals surface area contributed by atoms with E-state index in [2.05, 4.69) is 0 Å². The molecule has 0 saturated carbocycles. The van der Waals surface area contributed by atoms with Crippen LogP contribution in [0.1, 0.15) is 28.8 Å². The van der Waals surface area contributed by atoms with Gasteiger partial charge in [-0.3, -0.25) is 9.59 Å². The second-order valence-electron chi connectivity index (χ2n) is 3.75. The van der Waals surface area contributed by atoms with E-state index in [-0.39, 0.29) is 11.8 Å². The SMILES string of the molecule is Cc1ccc(C(=O)[C@@H]2CCC(=O)O2)cc1. The predicted molar refractivity (Wildman–Crippen MR) is 54.6 cm³/mol. The lowest BCUT2D eigenvalue weighted by Crippen LogP contribution is -2.20. The molecule has 1 aromatic rings. The van der Waals surface area contributed by atoms with Crippen LogP contribution in [-0.2, 0) is 9.53 Å². The van der Waals surface area contributed by atoms with Crippen molar-refractivity contribution in [3.05, 3.63) is 35.4 Å². The highest BCUT2D eigenvalue weighted by atomic mass is 16.6. The van der Waals surface area contributed by atoms with Crippen molar-refractivity contribution in [2.75, 3.05) is 0 Å². The molecule has 1 aliphatic rings. The summed E-state index contributed by atoms with van der Waals surface area (Å²) in [6, 6.07) is 7.29. The molecule has 1 atom stereocenters. The van der Waals surface area contributed by atoms with E-state index in [1.165, 1.54) is 0 Å². The van der Waals surface area contributed by atoms with Crippen molar-refractivity contribution in [2.45, 2.75) is 25.9 Å². The van der Waals surface area contributed by atoms with Crippen molar-refractivity contribution < 1.29 is 14.3 Å². The molecular weight excluding hydrogens is 192 g/mol. The largest absolute Gasteiger partial charge is 0.454 e. The molecule has 78 valence electrons. The van der Waals surface area contributed by atoms with Crippen LogP contribution in [-0.4, -0.2) is 17.9 Å². The minimum Gasteiger partial charge on any atom is -0.454 e. The molecule has 0 amide bonds. The number of cyclic esters (lactones) is 1. The van der Waals surface area contributed by atoms with Gasteiger partial charge in [-0.25, -0.2) is 0 Å². The standard InChI is InChI=1S/C12H12O3/c1-8-2-4-9(5-3-8)12(14)10-6-7-11(13)15-10/h2-5,10H,6-7H2,1H3/t10-/m0/s1. The fourth-order valence-corrected chi connectivity index (χ4v) is 1.61. The first kappa shape index (κ1) is 9.90. The zero-order chi connectivity index (χ0) is 10.8. The molecule has 0 N–H and O–H groups in total. The molecule has 0 radical (unpaired) electrons. The minimum absolute atomic E-state index is 0.0964. The Balaban J connectivity index is 2.14. The number of carbonyl (C=O) groups excluding carboxylic acids is 2. The summed E-state index contributed by atoms with van der Waals surface area (Å²) in [6.07, 6.45) is 0.286. The molecule has 0 aromatic heterocycles. The van der Waals surface area contributed by atoms with E-state index in [1.54, 1.807) is 12.1 Å². The lowest BCUT2D eigenvalue weighted by atomic mass is 10.0. The maximum absolute atomic E-state index is 11.8. The van der Waals surface area contributed by atoms with Crippen LogP contribution in [0.25, 0.3) is 0 Å². The summed E-state index contributed by atoms with van der Waals surface area (Å²) < 4.78 is 4.92. The molecule has 3 heteroatoms. The van der Waals surface area contributed by atoms with Gasteiger partial charge in [-0.2, -0.15) is 0 Å². The molecular formula is C12H12O3. The molecule has 0 unspecified atom stereocenters. The van der Waals surface area contributed by atoms with E-state index < -0.39 is 6.10 Å². The van der Waals surface area contributed by atoms with Crippen LogP contribution in [0, 0.1) is 6.92 Å². The molecule has 0 bridgehead atoms. The Kier molecular flexibility index (Phi) is 2.54. The third-order valence-electron chi connectivity index (χ3n) is 2.51. The molecule has 1 saturated heterocycles. The number of esters is 1. The van der Waals surface area contributed by atoms with E-state index in [9.17, 15) is 9.59 Å². The van der Waals surface area contributed by atoms with Crippen LogP contribution in [0.5, 0.6) is 0 Å². The molecule has 1 aliphatic heterocycles. The molecule has 0 aliphatic carbocycles. The second kappa shape index (κ2) is 3.85. The Labute approximate surface area is 88.1 Å². The summed E-state index contributed by atoms with van der Waals surface area (Å²) in [4.78, 5) is 22.7. The zero-order valence-corrected chi connectivity index (χ0v) is 8.53. The smallest absolute Gasteiger partial charge is 0.306 e. The zero-order valence-electron chi connectivity index (χ0n) is 8.53. The lowest BCUT2D eigenvalue weighted by molar-refractivity contribution is -0.140. The van der Waals surface area contributed by atoms with Crippen molar-refractivity contribution in [3.63, 3.8) is 0 Å². The molecule has 0 spiro atoms. The van der Waals surface area contributed by atoms with Gasteiger partial charge in [0, 0.05) is 18.4 Å². The summed E-state index contributed by atoms with van der Waals surface area (Å²) in [5.41, 5.74) is 1.72. The van der Waals surface area contributed by atoms with Gasteiger partial charge in [-0.1, -0.05) is 29.8 Å². The number of hydrogen-bond donors (Lipinski definition) is 0. The first-order valence-electron chi connectivity index (χ1n) is 4.97. The number of rotatable bonds is 2. The number of Topliss-reactive ketones (excluding diaryl/α,β-unsaturated/α-hetero) is 1. The predicted octanol–water partition coefficient (Wildman–Crippen LogP) is 1.88. The van der Waals surface area contributed by atoms with Gasteiger partial charge in [-0.15, -0.1) is 0 Å². The Morgan fingerprint density at radius 1 is 1.33 bits per heavy atom. The highest BCUT2D eigenvalue weighted by molar-refractivity contribution is 6.01. The van der Waals surface area contributed by atoms with Gasteiger partial charge in [0.1, 0.15) is 0 Å². The van der Waals surface area contributed by atoms with Gasteiger partial charge in [0.2, 0.25) is 5.78 Å². The van der Waals surface area contributed by atoms with E-state index in [4.69, 9.17) is 4.74 Å². The molecule has 15 heavy (non-hydrogen) atoms. The van der Waals surface area contributed by atoms with Crippen molar-refractivity contribution in [1.29, 1.82) is 0 Å². The highest BCUT2D eigenvalue weighted by Gasteiger charge is 2.30. The van der Waals surface area contributed by atoms with E-state index >= 15 is 0 Å². The topological polar surface area (TPSA) is 43.4 Å². The van der Waals surface area contributed by atoms with Gasteiger partial charge in [0.15, 0.2) is 6.10 Å². The monoisotopic (exact) mass is 204 g/mol. The molecule has 1 aromatic carbocycles. The molecule has 1 fully saturated rings. The van der Waals surface area contributed by atoms with Crippen molar-refractivity contribution in [3.8, 4) is 0 Å². The number of ketones is 1. The number of ether oxygens (including phenoxy) is 1. The second-order valence-corrected chi connectivity index (χ2v) is 3.75. The van der Waals surface area contributed by atoms with Crippen molar-refractivity contribution in [2.24, 2.45) is 0 Å². The van der Waals surface area contributed by atoms with Crippen LogP contribution in [0.2, 0.25) is 0 Å². The highest BCUT2D eigenvalue weighted by Crippen LogP contribution is 2.18. The Morgan fingerprint density at radius 2 is 2.00 bits per heavy atom. The summed E-state index contributed by atoms with van der Waals surface area (Å²) in [6.45, 7) is 1.96. The summed E-state index contributed by atoms with van der Waals surface area (Å²) in [5.74, 6) is -0.374. The fraction of sp³-hybridized carbons (Fsp3) is 0.333. The van der Waals surface area contributed by atoms with Crippen LogP contribution in [0.4, 0.5) is 0 Å². The first-order valence-corrected chi connectivity index (χ1v) is 4.97. The average Bonchev–Trinajstić information content (AvgIpc) is 2.65. The van der Waals surface area contributed by atoms with Gasteiger partial charge in [-0.05, 0) is 6.92 Å². The number of carbonyl (C=O) groups is 2. The van der Waals surface area contributed by atoms with E-state index in [1.807, 2.05) is 19.1 Å². The van der Waals surface area contributed by atoms with Crippen LogP contribution in [0.15, 0.2) is 24.3 Å². The lowest BCUT2D eigenvalue weighted by Gasteiger charge is -2.07.